The Bertz CT molecular complexity index is 469. The summed E-state index contributed by atoms with van der Waals surface area (Å²) < 4.78 is 1.08. The smallest absolute Gasteiger partial charge is 0.304 e. The Morgan fingerprint density at radius 3 is 3.05 bits per heavy atom. The molecule has 1 aromatic carbocycles. The van der Waals surface area contributed by atoms with Crippen LogP contribution in [0.25, 0.3) is 0 Å². The molecule has 3 nitrogen and oxygen atoms in total. The van der Waals surface area contributed by atoms with Gasteiger partial charge in [-0.05, 0) is 24.1 Å². The predicted octanol–water partition coefficient (Wildman–Crippen LogP) is 3.79. The van der Waals surface area contributed by atoms with Crippen molar-refractivity contribution >= 4 is 33.7 Å². The van der Waals surface area contributed by atoms with Crippen molar-refractivity contribution in [3.05, 3.63) is 34.3 Å². The topological polar surface area (TPSA) is 40.5 Å². The Hall–Kier alpha value is -0.520. The second-order valence-corrected chi connectivity index (χ2v) is 7.11. The van der Waals surface area contributed by atoms with E-state index >= 15 is 0 Å². The Morgan fingerprint density at radius 1 is 1.60 bits per heavy atom. The first-order valence-electron chi connectivity index (χ1n) is 6.92. The molecule has 0 amide bonds. The van der Waals surface area contributed by atoms with Gasteiger partial charge in [0.2, 0.25) is 0 Å². The van der Waals surface area contributed by atoms with E-state index in [0.29, 0.717) is 6.04 Å². The van der Waals surface area contributed by atoms with Crippen LogP contribution in [0.2, 0.25) is 0 Å². The lowest BCUT2D eigenvalue weighted by atomic mass is 10.00. The second kappa shape index (κ2) is 7.48. The molecule has 0 aromatic heterocycles. The highest BCUT2D eigenvalue weighted by Crippen LogP contribution is 2.32. The van der Waals surface area contributed by atoms with Gasteiger partial charge in [0.15, 0.2) is 0 Å². The maximum absolute atomic E-state index is 11.1. The predicted molar refractivity (Wildman–Crippen MR) is 87.2 cm³/mol. The lowest BCUT2D eigenvalue weighted by Gasteiger charge is -2.40. The number of aliphatic carboxylic acids is 1. The second-order valence-electron chi connectivity index (χ2n) is 5.04. The minimum atomic E-state index is -0.702. The molecule has 1 aliphatic rings. The zero-order valence-corrected chi connectivity index (χ0v) is 14.0. The van der Waals surface area contributed by atoms with Gasteiger partial charge in [-0.2, -0.15) is 11.8 Å². The van der Waals surface area contributed by atoms with Crippen molar-refractivity contribution in [3.8, 4) is 0 Å². The molecular weight excluding hydrogens is 338 g/mol. The average Bonchev–Trinajstić information content (AvgIpc) is 2.41. The fourth-order valence-corrected chi connectivity index (χ4v) is 4.34. The van der Waals surface area contributed by atoms with Crippen molar-refractivity contribution in [1.82, 2.24) is 4.90 Å². The van der Waals surface area contributed by atoms with Gasteiger partial charge in [-0.1, -0.05) is 35.0 Å². The Kier molecular flexibility index (Phi) is 5.93. The summed E-state index contributed by atoms with van der Waals surface area (Å²) in [5.41, 5.74) is 1.27. The van der Waals surface area contributed by atoms with Crippen molar-refractivity contribution in [2.24, 2.45) is 0 Å². The van der Waals surface area contributed by atoms with Crippen LogP contribution in [0.1, 0.15) is 31.4 Å². The molecule has 0 saturated carbocycles. The first-order valence-corrected chi connectivity index (χ1v) is 8.87. The molecule has 1 saturated heterocycles. The molecule has 2 unspecified atom stereocenters. The van der Waals surface area contributed by atoms with Gasteiger partial charge < -0.3 is 5.11 Å². The van der Waals surface area contributed by atoms with Crippen molar-refractivity contribution in [3.63, 3.8) is 0 Å². The first kappa shape index (κ1) is 15.9. The first-order chi connectivity index (χ1) is 9.61. The van der Waals surface area contributed by atoms with Crippen LogP contribution in [0.4, 0.5) is 0 Å². The van der Waals surface area contributed by atoms with Gasteiger partial charge in [0.25, 0.3) is 0 Å². The van der Waals surface area contributed by atoms with Gasteiger partial charge in [0, 0.05) is 34.6 Å². The van der Waals surface area contributed by atoms with Gasteiger partial charge in [0.1, 0.15) is 0 Å². The van der Waals surface area contributed by atoms with E-state index in [2.05, 4.69) is 39.9 Å². The number of carbonyl (C=O) groups is 1. The van der Waals surface area contributed by atoms with Crippen LogP contribution in [0.15, 0.2) is 28.7 Å². The van der Waals surface area contributed by atoms with Gasteiger partial charge in [-0.25, -0.2) is 0 Å². The summed E-state index contributed by atoms with van der Waals surface area (Å²) in [7, 11) is 0. The minimum Gasteiger partial charge on any atom is -0.481 e. The quantitative estimate of drug-likeness (QED) is 0.870. The van der Waals surface area contributed by atoms with Gasteiger partial charge in [0.05, 0.1) is 6.42 Å². The lowest BCUT2D eigenvalue weighted by molar-refractivity contribution is -0.138. The Balaban J connectivity index is 2.21. The third kappa shape index (κ3) is 3.99. The Labute approximate surface area is 132 Å². The number of hydrogen-bond acceptors (Lipinski definition) is 3. The van der Waals surface area contributed by atoms with E-state index in [1.807, 2.05) is 23.9 Å². The lowest BCUT2D eigenvalue weighted by Crippen LogP contribution is -2.45. The Morgan fingerprint density at radius 2 is 2.40 bits per heavy atom. The van der Waals surface area contributed by atoms with Crippen molar-refractivity contribution in [2.75, 3.05) is 18.1 Å². The number of nitrogens with zero attached hydrogens (tertiary/aromatic N) is 1. The number of halogens is 1. The third-order valence-electron chi connectivity index (χ3n) is 3.70. The summed E-state index contributed by atoms with van der Waals surface area (Å²) in [6, 6.07) is 8.80. The van der Waals surface area contributed by atoms with Crippen LogP contribution < -0.4 is 0 Å². The van der Waals surface area contributed by atoms with Crippen LogP contribution in [-0.2, 0) is 4.79 Å². The molecule has 1 heterocycles. The average molecular weight is 358 g/mol. The SMILES string of the molecule is CCC(c1cccc(Br)c1)N1CCSCC1CC(=O)O. The summed E-state index contributed by atoms with van der Waals surface area (Å²) in [5, 5.41) is 9.11. The molecule has 1 fully saturated rings. The standard InChI is InChI=1S/C15H20BrNO2S/c1-2-14(11-4-3-5-12(16)8-11)17-6-7-20-10-13(17)9-15(18)19/h3-5,8,13-14H,2,6-7,9-10H2,1H3,(H,18,19). The number of benzene rings is 1. The number of rotatable bonds is 5. The highest BCUT2D eigenvalue weighted by atomic mass is 79.9. The summed E-state index contributed by atoms with van der Waals surface area (Å²) in [5.74, 6) is 1.30. The number of carboxylic acid groups (broad SMARTS) is 1. The van der Waals surface area contributed by atoms with Crippen LogP contribution in [0, 0.1) is 0 Å². The molecule has 0 radical (unpaired) electrons. The van der Waals surface area contributed by atoms with Gasteiger partial charge >= 0.3 is 5.97 Å². The molecule has 20 heavy (non-hydrogen) atoms. The van der Waals surface area contributed by atoms with Crippen molar-refractivity contribution in [2.45, 2.75) is 31.8 Å². The summed E-state index contributed by atoms with van der Waals surface area (Å²) in [4.78, 5) is 13.5. The fraction of sp³-hybridized carbons (Fsp3) is 0.533. The number of hydrogen-bond donors (Lipinski definition) is 1. The largest absolute Gasteiger partial charge is 0.481 e. The maximum Gasteiger partial charge on any atom is 0.304 e. The summed E-state index contributed by atoms with van der Waals surface area (Å²) in [6.45, 7) is 3.14. The molecule has 2 rings (SSSR count). The van der Waals surface area contributed by atoms with Crippen LogP contribution >= 0.6 is 27.7 Å². The maximum atomic E-state index is 11.1. The van der Waals surface area contributed by atoms with E-state index in [4.69, 9.17) is 5.11 Å². The molecule has 1 aromatic rings. The zero-order chi connectivity index (χ0) is 14.5. The molecule has 0 aliphatic carbocycles. The highest BCUT2D eigenvalue weighted by Gasteiger charge is 2.30. The zero-order valence-electron chi connectivity index (χ0n) is 11.6. The van der Waals surface area contributed by atoms with E-state index in [1.165, 1.54) is 5.56 Å². The van der Waals surface area contributed by atoms with Crippen LogP contribution in [0.5, 0.6) is 0 Å². The molecular formula is C15H20BrNO2S. The highest BCUT2D eigenvalue weighted by molar-refractivity contribution is 9.10. The number of carboxylic acids is 1. The molecule has 110 valence electrons. The summed E-state index contributed by atoms with van der Waals surface area (Å²) >= 11 is 5.38. The van der Waals surface area contributed by atoms with Crippen molar-refractivity contribution in [1.29, 1.82) is 0 Å². The van der Waals surface area contributed by atoms with Gasteiger partial charge in [-0.3, -0.25) is 9.69 Å². The van der Waals surface area contributed by atoms with E-state index < -0.39 is 5.97 Å². The van der Waals surface area contributed by atoms with E-state index in [0.717, 1.165) is 28.9 Å². The molecule has 0 bridgehead atoms. The minimum absolute atomic E-state index is 0.134. The van der Waals surface area contributed by atoms with E-state index in [-0.39, 0.29) is 12.5 Å². The monoisotopic (exact) mass is 357 g/mol. The summed E-state index contributed by atoms with van der Waals surface area (Å²) in [6.07, 6.45) is 1.23. The third-order valence-corrected chi connectivity index (χ3v) is 5.29. The van der Waals surface area contributed by atoms with E-state index in [1.54, 1.807) is 0 Å². The molecule has 2 atom stereocenters. The van der Waals surface area contributed by atoms with Crippen molar-refractivity contribution < 1.29 is 9.90 Å². The van der Waals surface area contributed by atoms with E-state index in [9.17, 15) is 4.79 Å². The molecule has 1 N–H and O–H groups in total. The van der Waals surface area contributed by atoms with Crippen LogP contribution in [-0.4, -0.2) is 40.1 Å². The van der Waals surface area contributed by atoms with Crippen LogP contribution in [0.3, 0.4) is 0 Å². The normalized spacial score (nSPS) is 21.6. The molecule has 5 heteroatoms. The van der Waals surface area contributed by atoms with Gasteiger partial charge in [-0.15, -0.1) is 0 Å². The number of thioether (sulfide) groups is 1. The molecule has 0 spiro atoms. The molecule has 1 aliphatic heterocycles. The fourth-order valence-electron chi connectivity index (χ4n) is 2.83.